The second kappa shape index (κ2) is 6.83. The molecule has 0 saturated carbocycles. The lowest BCUT2D eigenvalue weighted by atomic mass is 10.1. The SMILES string of the molecule is CCN(Cc1ccccc1)C(=O)c1cnc2c(cnn2C(C)C)c1. The zero-order valence-electron chi connectivity index (χ0n) is 14.3. The minimum Gasteiger partial charge on any atom is -0.335 e. The van der Waals surface area contributed by atoms with Gasteiger partial charge in [-0.3, -0.25) is 4.79 Å². The Hall–Kier alpha value is -2.69. The van der Waals surface area contributed by atoms with Crippen molar-refractivity contribution in [1.82, 2.24) is 19.7 Å². The third kappa shape index (κ3) is 3.15. The fourth-order valence-electron chi connectivity index (χ4n) is 2.75. The third-order valence-electron chi connectivity index (χ3n) is 4.05. The highest BCUT2D eigenvalue weighted by molar-refractivity contribution is 5.96. The normalized spacial score (nSPS) is 11.2. The number of carbonyl (C=O) groups excluding carboxylic acids is 1. The van der Waals surface area contributed by atoms with Crippen LogP contribution in [0.1, 0.15) is 42.7 Å². The average molecular weight is 322 g/mol. The Kier molecular flexibility index (Phi) is 4.60. The van der Waals surface area contributed by atoms with Crippen molar-refractivity contribution in [2.75, 3.05) is 6.54 Å². The molecule has 0 radical (unpaired) electrons. The molecule has 3 rings (SSSR count). The van der Waals surface area contributed by atoms with Crippen molar-refractivity contribution in [2.24, 2.45) is 0 Å². The average Bonchev–Trinajstić information content (AvgIpc) is 3.03. The Morgan fingerprint density at radius 1 is 1.21 bits per heavy atom. The molecule has 124 valence electrons. The zero-order valence-corrected chi connectivity index (χ0v) is 14.3. The number of nitrogens with zero attached hydrogens (tertiary/aromatic N) is 4. The minimum atomic E-state index is -0.00644. The van der Waals surface area contributed by atoms with Gasteiger partial charge in [0.05, 0.1) is 11.8 Å². The van der Waals surface area contributed by atoms with Crippen LogP contribution >= 0.6 is 0 Å². The summed E-state index contributed by atoms with van der Waals surface area (Å²) in [5.74, 6) is -0.00644. The molecular formula is C19H22N4O. The smallest absolute Gasteiger partial charge is 0.255 e. The molecule has 24 heavy (non-hydrogen) atoms. The van der Waals surface area contributed by atoms with Gasteiger partial charge in [0.25, 0.3) is 5.91 Å². The molecule has 3 aromatic rings. The van der Waals surface area contributed by atoms with Crippen LogP contribution in [0.4, 0.5) is 0 Å². The molecule has 2 heterocycles. The van der Waals surface area contributed by atoms with Crippen LogP contribution in [0.15, 0.2) is 48.8 Å². The summed E-state index contributed by atoms with van der Waals surface area (Å²) in [6.45, 7) is 7.36. The molecule has 0 atom stereocenters. The van der Waals surface area contributed by atoms with Gasteiger partial charge in [-0.2, -0.15) is 5.10 Å². The molecule has 0 aliphatic heterocycles. The van der Waals surface area contributed by atoms with Crippen molar-refractivity contribution < 1.29 is 4.79 Å². The van der Waals surface area contributed by atoms with Crippen molar-refractivity contribution in [3.05, 3.63) is 59.9 Å². The fourth-order valence-corrected chi connectivity index (χ4v) is 2.75. The van der Waals surface area contributed by atoms with Crippen LogP contribution in [0.25, 0.3) is 11.0 Å². The van der Waals surface area contributed by atoms with Gasteiger partial charge in [-0.15, -0.1) is 0 Å². The van der Waals surface area contributed by atoms with Crippen LogP contribution in [0.2, 0.25) is 0 Å². The molecule has 1 aromatic carbocycles. The predicted octanol–water partition coefficient (Wildman–Crippen LogP) is 3.67. The van der Waals surface area contributed by atoms with Crippen molar-refractivity contribution in [1.29, 1.82) is 0 Å². The van der Waals surface area contributed by atoms with Crippen LogP contribution in [-0.4, -0.2) is 32.1 Å². The molecule has 0 saturated heterocycles. The molecular weight excluding hydrogens is 300 g/mol. The van der Waals surface area contributed by atoms with Gasteiger partial charge in [0.1, 0.15) is 0 Å². The van der Waals surface area contributed by atoms with E-state index in [0.29, 0.717) is 18.7 Å². The second-order valence-electron chi connectivity index (χ2n) is 6.12. The van der Waals surface area contributed by atoms with E-state index in [1.165, 1.54) is 0 Å². The van der Waals surface area contributed by atoms with Crippen LogP contribution in [-0.2, 0) is 6.54 Å². The molecule has 0 aliphatic carbocycles. The lowest BCUT2D eigenvalue weighted by Crippen LogP contribution is -2.30. The Morgan fingerprint density at radius 3 is 2.62 bits per heavy atom. The summed E-state index contributed by atoms with van der Waals surface area (Å²) < 4.78 is 1.87. The van der Waals surface area contributed by atoms with E-state index < -0.39 is 0 Å². The van der Waals surface area contributed by atoms with Crippen LogP contribution in [0.5, 0.6) is 0 Å². The van der Waals surface area contributed by atoms with E-state index in [1.54, 1.807) is 12.4 Å². The number of aromatic nitrogens is 3. The summed E-state index contributed by atoms with van der Waals surface area (Å²) >= 11 is 0. The first-order valence-electron chi connectivity index (χ1n) is 8.26. The van der Waals surface area contributed by atoms with Gasteiger partial charge in [-0.25, -0.2) is 9.67 Å². The quantitative estimate of drug-likeness (QED) is 0.720. The summed E-state index contributed by atoms with van der Waals surface area (Å²) in [6.07, 6.45) is 3.42. The largest absolute Gasteiger partial charge is 0.335 e. The van der Waals surface area contributed by atoms with Gasteiger partial charge < -0.3 is 4.90 Å². The number of carbonyl (C=O) groups is 1. The van der Waals surface area contributed by atoms with Crippen LogP contribution < -0.4 is 0 Å². The predicted molar refractivity (Wildman–Crippen MR) is 94.8 cm³/mol. The molecule has 0 N–H and O–H groups in total. The number of hydrogen-bond donors (Lipinski definition) is 0. The number of amides is 1. The highest BCUT2D eigenvalue weighted by atomic mass is 16.2. The number of benzene rings is 1. The zero-order chi connectivity index (χ0) is 17.1. The first-order chi connectivity index (χ1) is 11.6. The van der Waals surface area contributed by atoms with E-state index >= 15 is 0 Å². The van der Waals surface area contributed by atoms with Crippen LogP contribution in [0, 0.1) is 0 Å². The molecule has 0 fully saturated rings. The fraction of sp³-hybridized carbons (Fsp3) is 0.316. The topological polar surface area (TPSA) is 51.0 Å². The van der Waals surface area contributed by atoms with Crippen molar-refractivity contribution >= 4 is 16.9 Å². The molecule has 5 heteroatoms. The van der Waals surface area contributed by atoms with Gasteiger partial charge in [0.2, 0.25) is 0 Å². The maximum atomic E-state index is 12.8. The molecule has 2 aromatic heterocycles. The van der Waals surface area contributed by atoms with Gasteiger partial charge in [0.15, 0.2) is 5.65 Å². The summed E-state index contributed by atoms with van der Waals surface area (Å²) in [5.41, 5.74) is 2.53. The van der Waals surface area contributed by atoms with Crippen LogP contribution in [0.3, 0.4) is 0 Å². The van der Waals surface area contributed by atoms with E-state index in [9.17, 15) is 4.79 Å². The number of fused-ring (bicyclic) bond motifs is 1. The summed E-state index contributed by atoms with van der Waals surface area (Å²) in [6, 6.07) is 12.1. The molecule has 0 unspecified atom stereocenters. The number of rotatable bonds is 5. The van der Waals surface area contributed by atoms with E-state index in [4.69, 9.17) is 0 Å². The third-order valence-corrected chi connectivity index (χ3v) is 4.05. The standard InChI is InChI=1S/C19H22N4O/c1-4-22(13-15-8-6-5-7-9-15)19(24)17-10-16-12-21-23(14(2)3)18(16)20-11-17/h5-12,14H,4,13H2,1-3H3. The van der Waals surface area contributed by atoms with E-state index in [-0.39, 0.29) is 11.9 Å². The highest BCUT2D eigenvalue weighted by Crippen LogP contribution is 2.18. The monoisotopic (exact) mass is 322 g/mol. The molecule has 1 amide bonds. The van der Waals surface area contributed by atoms with Crippen molar-refractivity contribution in [3.63, 3.8) is 0 Å². The van der Waals surface area contributed by atoms with Gasteiger partial charge in [-0.1, -0.05) is 30.3 Å². The molecule has 0 aliphatic rings. The Bertz CT molecular complexity index is 839. The maximum absolute atomic E-state index is 12.8. The Balaban J connectivity index is 1.86. The highest BCUT2D eigenvalue weighted by Gasteiger charge is 2.17. The summed E-state index contributed by atoms with van der Waals surface area (Å²) in [4.78, 5) is 19.1. The first-order valence-corrected chi connectivity index (χ1v) is 8.26. The molecule has 0 spiro atoms. The summed E-state index contributed by atoms with van der Waals surface area (Å²) in [5, 5.41) is 5.25. The number of hydrogen-bond acceptors (Lipinski definition) is 3. The molecule has 0 bridgehead atoms. The molecule has 5 nitrogen and oxygen atoms in total. The van der Waals surface area contributed by atoms with Crippen molar-refractivity contribution in [2.45, 2.75) is 33.4 Å². The lowest BCUT2D eigenvalue weighted by molar-refractivity contribution is 0.0752. The second-order valence-corrected chi connectivity index (χ2v) is 6.12. The van der Waals surface area contributed by atoms with E-state index in [1.807, 2.05) is 52.9 Å². The maximum Gasteiger partial charge on any atom is 0.255 e. The van der Waals surface area contributed by atoms with Crippen molar-refractivity contribution in [3.8, 4) is 0 Å². The van der Waals surface area contributed by atoms with E-state index in [2.05, 4.69) is 23.9 Å². The summed E-state index contributed by atoms with van der Waals surface area (Å²) in [7, 11) is 0. The van der Waals surface area contributed by atoms with E-state index in [0.717, 1.165) is 16.6 Å². The van der Waals surface area contributed by atoms with Gasteiger partial charge in [-0.05, 0) is 32.4 Å². The number of pyridine rings is 1. The first kappa shape index (κ1) is 16.2. The minimum absolute atomic E-state index is 0.00644. The Morgan fingerprint density at radius 2 is 1.96 bits per heavy atom. The Labute approximate surface area is 141 Å². The lowest BCUT2D eigenvalue weighted by Gasteiger charge is -2.21. The van der Waals surface area contributed by atoms with Gasteiger partial charge in [0, 0.05) is 30.7 Å². The van der Waals surface area contributed by atoms with Gasteiger partial charge >= 0.3 is 0 Å².